The number of benzene rings is 6. The molecule has 2 aliphatic rings. The topological polar surface area (TPSA) is 0 Å². The summed E-state index contributed by atoms with van der Waals surface area (Å²) in [5.74, 6) is 0. The SMILES string of the molecule is CC1(C)c2ccccc2-c2cc3c(-c4ccc5ccccc5c4)c4c(c(-c5ccccc5)c3cc21)=CCCC=4. The lowest BCUT2D eigenvalue weighted by molar-refractivity contribution is 0.661. The molecular formula is C39H30. The molecule has 0 heterocycles. The molecule has 6 aromatic carbocycles. The van der Waals surface area contributed by atoms with Gasteiger partial charge in [0.25, 0.3) is 0 Å². The van der Waals surface area contributed by atoms with E-state index in [-0.39, 0.29) is 5.41 Å². The Morgan fingerprint density at radius 3 is 1.92 bits per heavy atom. The van der Waals surface area contributed by atoms with Crippen molar-refractivity contribution in [3.63, 3.8) is 0 Å². The quantitative estimate of drug-likeness (QED) is 0.223. The second kappa shape index (κ2) is 8.29. The van der Waals surface area contributed by atoms with E-state index in [4.69, 9.17) is 0 Å². The van der Waals surface area contributed by atoms with E-state index in [1.807, 2.05) is 0 Å². The van der Waals surface area contributed by atoms with Crippen molar-refractivity contribution in [3.8, 4) is 33.4 Å². The van der Waals surface area contributed by atoms with Crippen LogP contribution in [0.4, 0.5) is 0 Å². The molecule has 6 aromatic rings. The lowest BCUT2D eigenvalue weighted by Crippen LogP contribution is -2.31. The van der Waals surface area contributed by atoms with E-state index in [2.05, 4.69) is 135 Å². The van der Waals surface area contributed by atoms with Crippen molar-refractivity contribution in [2.45, 2.75) is 32.1 Å². The van der Waals surface area contributed by atoms with Crippen LogP contribution in [0.25, 0.3) is 67.1 Å². The van der Waals surface area contributed by atoms with E-state index < -0.39 is 0 Å². The van der Waals surface area contributed by atoms with Crippen LogP contribution in [-0.2, 0) is 5.41 Å². The van der Waals surface area contributed by atoms with Crippen LogP contribution in [-0.4, -0.2) is 0 Å². The molecule has 0 saturated carbocycles. The van der Waals surface area contributed by atoms with Crippen molar-refractivity contribution in [2.75, 3.05) is 0 Å². The first-order chi connectivity index (χ1) is 19.1. The van der Waals surface area contributed by atoms with Crippen molar-refractivity contribution in [1.29, 1.82) is 0 Å². The Labute approximate surface area is 229 Å². The summed E-state index contributed by atoms with van der Waals surface area (Å²) in [6, 6.07) is 40.8. The molecule has 0 heteroatoms. The first-order valence-electron chi connectivity index (χ1n) is 14.1. The molecular weight excluding hydrogens is 468 g/mol. The third-order valence-electron chi connectivity index (χ3n) is 9.05. The van der Waals surface area contributed by atoms with Gasteiger partial charge in [0.15, 0.2) is 0 Å². The van der Waals surface area contributed by atoms with Gasteiger partial charge in [-0.15, -0.1) is 0 Å². The lowest BCUT2D eigenvalue weighted by Gasteiger charge is -2.23. The molecule has 2 aliphatic carbocycles. The Bertz CT molecular complexity index is 2070. The molecule has 186 valence electrons. The van der Waals surface area contributed by atoms with Gasteiger partial charge in [0.05, 0.1) is 0 Å². The van der Waals surface area contributed by atoms with Gasteiger partial charge in [-0.05, 0) is 108 Å². The maximum atomic E-state index is 2.53. The fourth-order valence-corrected chi connectivity index (χ4v) is 7.17. The zero-order chi connectivity index (χ0) is 26.1. The van der Waals surface area contributed by atoms with Gasteiger partial charge in [0, 0.05) is 5.41 Å². The summed E-state index contributed by atoms with van der Waals surface area (Å²) in [6.45, 7) is 4.77. The van der Waals surface area contributed by atoms with Gasteiger partial charge in [0.2, 0.25) is 0 Å². The smallest absolute Gasteiger partial charge is 0.0159 e. The largest absolute Gasteiger partial charge is 0.0757 e. The highest BCUT2D eigenvalue weighted by Gasteiger charge is 2.36. The maximum Gasteiger partial charge on any atom is 0.0159 e. The van der Waals surface area contributed by atoms with E-state index in [1.165, 1.54) is 76.5 Å². The third kappa shape index (κ3) is 3.25. The molecule has 0 bridgehead atoms. The zero-order valence-electron chi connectivity index (χ0n) is 22.5. The first kappa shape index (κ1) is 22.6. The first-order valence-corrected chi connectivity index (χ1v) is 14.1. The Morgan fingerprint density at radius 2 is 1.13 bits per heavy atom. The molecule has 0 aliphatic heterocycles. The molecule has 0 N–H and O–H groups in total. The second-order valence-electron chi connectivity index (χ2n) is 11.6. The molecule has 0 atom stereocenters. The molecule has 0 amide bonds. The lowest BCUT2D eigenvalue weighted by atomic mass is 9.79. The molecule has 0 unspecified atom stereocenters. The van der Waals surface area contributed by atoms with E-state index >= 15 is 0 Å². The average Bonchev–Trinajstić information content (AvgIpc) is 3.21. The average molecular weight is 499 g/mol. The number of fused-ring (bicyclic) bond motifs is 6. The van der Waals surface area contributed by atoms with Crippen LogP contribution in [0.3, 0.4) is 0 Å². The highest BCUT2D eigenvalue weighted by Crippen LogP contribution is 2.51. The summed E-state index contributed by atoms with van der Waals surface area (Å²) in [7, 11) is 0. The van der Waals surface area contributed by atoms with Crippen LogP contribution < -0.4 is 10.4 Å². The second-order valence-corrected chi connectivity index (χ2v) is 11.6. The number of hydrogen-bond acceptors (Lipinski definition) is 0. The zero-order valence-corrected chi connectivity index (χ0v) is 22.5. The molecule has 0 spiro atoms. The normalized spacial score (nSPS) is 14.8. The van der Waals surface area contributed by atoms with Crippen molar-refractivity contribution < 1.29 is 0 Å². The highest BCUT2D eigenvalue weighted by molar-refractivity contribution is 6.09. The van der Waals surface area contributed by atoms with Crippen molar-refractivity contribution in [1.82, 2.24) is 0 Å². The summed E-state index contributed by atoms with van der Waals surface area (Å²) >= 11 is 0. The predicted molar refractivity (Wildman–Crippen MR) is 167 cm³/mol. The predicted octanol–water partition coefficient (Wildman–Crippen LogP) is 8.99. The molecule has 0 saturated heterocycles. The Hall–Kier alpha value is -4.42. The highest BCUT2D eigenvalue weighted by atomic mass is 14.4. The summed E-state index contributed by atoms with van der Waals surface area (Å²) in [5, 5.41) is 8.05. The van der Waals surface area contributed by atoms with E-state index in [0.29, 0.717) is 0 Å². The van der Waals surface area contributed by atoms with E-state index in [0.717, 1.165) is 12.8 Å². The molecule has 0 nitrogen and oxygen atoms in total. The standard InChI is InChI=1S/C39H30/c1-39(2)35-19-11-10-16-29(35)32-23-33-34(24-36(32)39)37(26-13-4-3-5-14-26)30-17-8-9-18-31(30)38(33)28-21-20-25-12-6-7-15-27(25)22-28/h3-7,10-24H,8-9H2,1-2H3. The fraction of sp³-hybridized carbons (Fsp3) is 0.128. The van der Waals surface area contributed by atoms with Gasteiger partial charge in [-0.1, -0.05) is 117 Å². The van der Waals surface area contributed by atoms with Crippen molar-refractivity contribution in [3.05, 3.63) is 131 Å². The molecule has 0 aromatic heterocycles. The maximum absolute atomic E-state index is 2.53. The van der Waals surface area contributed by atoms with Crippen molar-refractivity contribution >= 4 is 33.7 Å². The summed E-state index contributed by atoms with van der Waals surface area (Å²) in [6.07, 6.45) is 7.12. The summed E-state index contributed by atoms with van der Waals surface area (Å²) < 4.78 is 0. The minimum absolute atomic E-state index is 0.0388. The van der Waals surface area contributed by atoms with Crippen LogP contribution >= 0.6 is 0 Å². The van der Waals surface area contributed by atoms with Gasteiger partial charge >= 0.3 is 0 Å². The van der Waals surface area contributed by atoms with Gasteiger partial charge in [0.1, 0.15) is 0 Å². The van der Waals surface area contributed by atoms with E-state index in [1.54, 1.807) is 0 Å². The number of rotatable bonds is 2. The van der Waals surface area contributed by atoms with Gasteiger partial charge < -0.3 is 0 Å². The molecule has 0 radical (unpaired) electrons. The van der Waals surface area contributed by atoms with Crippen LogP contribution in [0, 0.1) is 0 Å². The van der Waals surface area contributed by atoms with Crippen LogP contribution in [0.2, 0.25) is 0 Å². The van der Waals surface area contributed by atoms with Gasteiger partial charge in [-0.3, -0.25) is 0 Å². The van der Waals surface area contributed by atoms with Gasteiger partial charge in [-0.2, -0.15) is 0 Å². The van der Waals surface area contributed by atoms with Crippen LogP contribution in [0.15, 0.2) is 109 Å². The summed E-state index contributed by atoms with van der Waals surface area (Å²) in [5.41, 5.74) is 10.9. The molecule has 39 heavy (non-hydrogen) atoms. The van der Waals surface area contributed by atoms with Crippen molar-refractivity contribution in [2.24, 2.45) is 0 Å². The van der Waals surface area contributed by atoms with Gasteiger partial charge in [-0.25, -0.2) is 0 Å². The third-order valence-corrected chi connectivity index (χ3v) is 9.05. The monoisotopic (exact) mass is 498 g/mol. The molecule has 0 fully saturated rings. The Balaban J connectivity index is 1.58. The van der Waals surface area contributed by atoms with E-state index in [9.17, 15) is 0 Å². The Morgan fingerprint density at radius 1 is 0.487 bits per heavy atom. The minimum atomic E-state index is -0.0388. The molecule has 8 rings (SSSR count). The summed E-state index contributed by atoms with van der Waals surface area (Å²) in [4.78, 5) is 0. The fourth-order valence-electron chi connectivity index (χ4n) is 7.17. The van der Waals surface area contributed by atoms with Crippen LogP contribution in [0.1, 0.15) is 37.8 Å². The number of hydrogen-bond donors (Lipinski definition) is 0. The minimum Gasteiger partial charge on any atom is -0.0757 e. The van der Waals surface area contributed by atoms with Crippen LogP contribution in [0.5, 0.6) is 0 Å². The Kier molecular flexibility index (Phi) is 4.79.